The topological polar surface area (TPSA) is 42.0 Å². The van der Waals surface area contributed by atoms with Gasteiger partial charge in [-0.25, -0.2) is 4.98 Å². The van der Waals surface area contributed by atoms with Gasteiger partial charge in [0.1, 0.15) is 5.82 Å². The molecule has 0 saturated carbocycles. The number of nitrogens with one attached hydrogen (secondary N) is 1. The number of aromatic nitrogens is 1. The number of aryl methyl sites for hydroxylation is 1. The van der Waals surface area contributed by atoms with Crippen molar-refractivity contribution in [2.75, 3.05) is 5.32 Å². The summed E-state index contributed by atoms with van der Waals surface area (Å²) < 4.78 is 1.76. The van der Waals surface area contributed by atoms with Crippen LogP contribution in [0.5, 0.6) is 0 Å². The first-order valence-electron chi connectivity index (χ1n) is 5.25. The molecule has 2 aromatic rings. The molecule has 1 heterocycles. The molecule has 0 aliphatic carbocycles. The molecule has 0 radical (unpaired) electrons. The summed E-state index contributed by atoms with van der Waals surface area (Å²) in [4.78, 5) is 16.2. The van der Waals surface area contributed by atoms with E-state index in [-0.39, 0.29) is 5.91 Å². The summed E-state index contributed by atoms with van der Waals surface area (Å²) in [7, 11) is 0. The Balaban J connectivity index is 2.21. The van der Waals surface area contributed by atoms with Crippen LogP contribution < -0.4 is 5.32 Å². The zero-order valence-electron chi connectivity index (χ0n) is 9.58. The molecule has 0 bridgehead atoms. The fourth-order valence-corrected chi connectivity index (χ4v) is 2.33. The predicted molar refractivity (Wildman–Crippen MR) is 78.8 cm³/mol. The molecule has 18 heavy (non-hydrogen) atoms. The summed E-state index contributed by atoms with van der Waals surface area (Å²) in [6, 6.07) is 9.13. The number of pyridine rings is 1. The molecule has 3 nitrogen and oxygen atoms in total. The first-order chi connectivity index (χ1) is 8.56. The summed E-state index contributed by atoms with van der Waals surface area (Å²) in [5.74, 6) is 0.400. The Morgan fingerprint density at radius 1 is 1.22 bits per heavy atom. The lowest BCUT2D eigenvalue weighted by atomic mass is 10.2. The molecule has 0 aliphatic heterocycles. The zero-order valence-corrected chi connectivity index (χ0v) is 12.7. The summed E-state index contributed by atoms with van der Waals surface area (Å²) in [5.41, 5.74) is 1.50. The molecule has 0 unspecified atom stereocenters. The van der Waals surface area contributed by atoms with Gasteiger partial charge in [-0.05, 0) is 52.7 Å². The lowest BCUT2D eigenvalue weighted by Crippen LogP contribution is -2.13. The van der Waals surface area contributed by atoms with Crippen LogP contribution in [0, 0.1) is 6.92 Å². The highest BCUT2D eigenvalue weighted by atomic mass is 79.9. The van der Waals surface area contributed by atoms with Crippen molar-refractivity contribution in [3.8, 4) is 0 Å². The maximum atomic E-state index is 12.0. The molecule has 2 rings (SSSR count). The lowest BCUT2D eigenvalue weighted by molar-refractivity contribution is 0.102. The van der Waals surface area contributed by atoms with Crippen LogP contribution in [-0.2, 0) is 0 Å². The van der Waals surface area contributed by atoms with E-state index in [4.69, 9.17) is 0 Å². The number of carbonyl (C=O) groups is 1. The number of hydrogen-bond donors (Lipinski definition) is 1. The molecule has 92 valence electrons. The second-order valence-electron chi connectivity index (χ2n) is 3.78. The minimum atomic E-state index is -0.172. The van der Waals surface area contributed by atoms with Gasteiger partial charge in [0.15, 0.2) is 0 Å². The average Bonchev–Trinajstić information content (AvgIpc) is 2.32. The van der Waals surface area contributed by atoms with Crippen LogP contribution in [0.25, 0.3) is 0 Å². The summed E-state index contributed by atoms with van der Waals surface area (Å²) in [6.07, 6.45) is 1.66. The van der Waals surface area contributed by atoms with E-state index in [0.717, 1.165) is 14.5 Å². The summed E-state index contributed by atoms with van der Waals surface area (Å²) in [5, 5.41) is 2.79. The fourth-order valence-electron chi connectivity index (χ4n) is 1.48. The van der Waals surface area contributed by atoms with Gasteiger partial charge < -0.3 is 5.32 Å². The van der Waals surface area contributed by atoms with Crippen LogP contribution in [0.2, 0.25) is 0 Å². The standard InChI is InChI=1S/C13H10Br2N2O/c1-8-5-11(15)7-16-12(8)17-13(18)9-3-2-4-10(14)6-9/h2-7H,1H3,(H,16,17,18). The third-order valence-corrected chi connectivity index (χ3v) is 3.29. The van der Waals surface area contributed by atoms with Crippen molar-refractivity contribution in [2.45, 2.75) is 6.92 Å². The van der Waals surface area contributed by atoms with Crippen molar-refractivity contribution >= 4 is 43.6 Å². The highest BCUT2D eigenvalue weighted by molar-refractivity contribution is 9.10. The van der Waals surface area contributed by atoms with Crippen LogP contribution in [0.1, 0.15) is 15.9 Å². The van der Waals surface area contributed by atoms with Crippen molar-refractivity contribution in [3.05, 3.63) is 56.6 Å². The Hall–Kier alpha value is -1.20. The number of amides is 1. The van der Waals surface area contributed by atoms with E-state index in [2.05, 4.69) is 42.2 Å². The van der Waals surface area contributed by atoms with Crippen LogP contribution in [0.3, 0.4) is 0 Å². The maximum absolute atomic E-state index is 12.0. The third-order valence-electron chi connectivity index (χ3n) is 2.36. The molecule has 1 N–H and O–H groups in total. The number of anilines is 1. The molecule has 0 atom stereocenters. The van der Waals surface area contributed by atoms with E-state index in [1.54, 1.807) is 18.3 Å². The maximum Gasteiger partial charge on any atom is 0.256 e. The van der Waals surface area contributed by atoms with E-state index in [9.17, 15) is 4.79 Å². The van der Waals surface area contributed by atoms with Gasteiger partial charge in [0.2, 0.25) is 0 Å². The van der Waals surface area contributed by atoms with Gasteiger partial charge in [-0.15, -0.1) is 0 Å². The largest absolute Gasteiger partial charge is 0.306 e. The second kappa shape index (κ2) is 5.63. The van der Waals surface area contributed by atoms with E-state index < -0.39 is 0 Å². The normalized spacial score (nSPS) is 10.2. The molecule has 0 spiro atoms. The number of halogens is 2. The third kappa shape index (κ3) is 3.17. The van der Waals surface area contributed by atoms with Gasteiger partial charge >= 0.3 is 0 Å². The van der Waals surface area contributed by atoms with Crippen molar-refractivity contribution in [2.24, 2.45) is 0 Å². The van der Waals surface area contributed by atoms with Crippen LogP contribution >= 0.6 is 31.9 Å². The van der Waals surface area contributed by atoms with Gasteiger partial charge in [-0.3, -0.25) is 4.79 Å². The highest BCUT2D eigenvalue weighted by Gasteiger charge is 2.09. The van der Waals surface area contributed by atoms with Crippen molar-refractivity contribution in [1.29, 1.82) is 0 Å². The minimum Gasteiger partial charge on any atom is -0.306 e. The van der Waals surface area contributed by atoms with Gasteiger partial charge in [0.25, 0.3) is 5.91 Å². The summed E-state index contributed by atoms with van der Waals surface area (Å²) in [6.45, 7) is 1.90. The molecule has 0 fully saturated rings. The van der Waals surface area contributed by atoms with Crippen molar-refractivity contribution in [3.63, 3.8) is 0 Å². The number of hydrogen-bond acceptors (Lipinski definition) is 2. The first kappa shape index (κ1) is 13.2. The molecule has 0 aliphatic rings. The predicted octanol–water partition coefficient (Wildman–Crippen LogP) is 4.17. The SMILES string of the molecule is Cc1cc(Br)cnc1NC(=O)c1cccc(Br)c1. The van der Waals surface area contributed by atoms with Gasteiger partial charge in [0.05, 0.1) is 0 Å². The molecule has 0 saturated heterocycles. The number of carbonyl (C=O) groups excluding carboxylic acids is 1. The average molecular weight is 370 g/mol. The monoisotopic (exact) mass is 368 g/mol. The van der Waals surface area contributed by atoms with E-state index in [1.165, 1.54) is 0 Å². The van der Waals surface area contributed by atoms with Crippen LogP contribution in [0.15, 0.2) is 45.5 Å². The minimum absolute atomic E-state index is 0.172. The molecular formula is C13H10Br2N2O. The first-order valence-corrected chi connectivity index (χ1v) is 6.84. The quantitative estimate of drug-likeness (QED) is 0.863. The number of rotatable bonds is 2. The molecule has 5 heteroatoms. The van der Waals surface area contributed by atoms with Crippen molar-refractivity contribution in [1.82, 2.24) is 4.98 Å². The Morgan fingerprint density at radius 3 is 2.67 bits per heavy atom. The van der Waals surface area contributed by atoms with Gasteiger partial charge in [-0.1, -0.05) is 22.0 Å². The van der Waals surface area contributed by atoms with Gasteiger partial charge in [0, 0.05) is 20.7 Å². The van der Waals surface area contributed by atoms with Crippen molar-refractivity contribution < 1.29 is 4.79 Å². The van der Waals surface area contributed by atoms with E-state index >= 15 is 0 Å². The van der Waals surface area contributed by atoms with Crippen LogP contribution in [0.4, 0.5) is 5.82 Å². The Labute approximate surface area is 122 Å². The Kier molecular flexibility index (Phi) is 4.14. The molecule has 1 aromatic heterocycles. The number of nitrogens with zero attached hydrogens (tertiary/aromatic N) is 1. The highest BCUT2D eigenvalue weighted by Crippen LogP contribution is 2.18. The molecule has 1 aromatic carbocycles. The van der Waals surface area contributed by atoms with Crippen LogP contribution in [-0.4, -0.2) is 10.9 Å². The van der Waals surface area contributed by atoms with E-state index in [1.807, 2.05) is 25.1 Å². The number of benzene rings is 1. The zero-order chi connectivity index (χ0) is 13.1. The summed E-state index contributed by atoms with van der Waals surface area (Å²) >= 11 is 6.67. The lowest BCUT2D eigenvalue weighted by Gasteiger charge is -2.07. The van der Waals surface area contributed by atoms with Gasteiger partial charge in [-0.2, -0.15) is 0 Å². The molecular weight excluding hydrogens is 360 g/mol. The smallest absolute Gasteiger partial charge is 0.256 e. The Morgan fingerprint density at radius 2 is 2.00 bits per heavy atom. The van der Waals surface area contributed by atoms with E-state index in [0.29, 0.717) is 11.4 Å². The second-order valence-corrected chi connectivity index (χ2v) is 5.61. The fraction of sp³-hybridized carbons (Fsp3) is 0.0769. The molecule has 1 amide bonds. The Bertz CT molecular complexity index is 599.